The SMILES string of the molecule is CC/C=C(\C(=O)NC1C(=O)N2C(C(=O)O)=C(COC(N)=O)CSC12)c1csc(N)n1. The molecule has 3 heterocycles. The van der Waals surface area contributed by atoms with Gasteiger partial charge in [0.25, 0.3) is 11.8 Å². The number of nitrogens with two attached hydrogens (primary N) is 2. The van der Waals surface area contributed by atoms with Crippen LogP contribution in [0.3, 0.4) is 0 Å². The lowest BCUT2D eigenvalue weighted by atomic mass is 10.0. The number of hydrogen-bond donors (Lipinski definition) is 4. The third-order valence-electron chi connectivity index (χ3n) is 4.38. The molecule has 1 aromatic heterocycles. The maximum Gasteiger partial charge on any atom is 0.404 e. The highest BCUT2D eigenvalue weighted by molar-refractivity contribution is 8.00. The molecule has 13 heteroatoms. The number of rotatable bonds is 7. The second kappa shape index (κ2) is 8.75. The Labute approximate surface area is 179 Å². The average Bonchev–Trinajstić information content (AvgIpc) is 3.13. The van der Waals surface area contributed by atoms with Crippen LogP contribution < -0.4 is 16.8 Å². The molecule has 2 unspecified atom stereocenters. The van der Waals surface area contributed by atoms with Crippen molar-refractivity contribution in [1.29, 1.82) is 0 Å². The van der Waals surface area contributed by atoms with E-state index in [1.54, 1.807) is 11.5 Å². The number of aliphatic carboxylic acids is 1. The van der Waals surface area contributed by atoms with Crippen LogP contribution >= 0.6 is 23.1 Å². The number of carbonyl (C=O) groups excluding carboxylic acids is 3. The Hall–Kier alpha value is -3.06. The predicted molar refractivity (Wildman–Crippen MR) is 110 cm³/mol. The van der Waals surface area contributed by atoms with E-state index in [0.717, 1.165) is 4.90 Å². The Morgan fingerprint density at radius 1 is 1.47 bits per heavy atom. The normalized spacial score (nSPS) is 21.0. The number of thiazole rings is 1. The monoisotopic (exact) mass is 453 g/mol. The molecule has 30 heavy (non-hydrogen) atoms. The molecular formula is C17H19N5O6S2. The molecular weight excluding hydrogens is 434 g/mol. The Morgan fingerprint density at radius 3 is 2.77 bits per heavy atom. The number of primary amides is 1. The van der Waals surface area contributed by atoms with E-state index in [2.05, 4.69) is 15.0 Å². The van der Waals surface area contributed by atoms with Crippen LogP contribution in [0.15, 0.2) is 22.7 Å². The molecule has 0 saturated carbocycles. The third kappa shape index (κ3) is 4.11. The van der Waals surface area contributed by atoms with Crippen LogP contribution in [0.5, 0.6) is 0 Å². The van der Waals surface area contributed by atoms with Crippen LogP contribution in [0.4, 0.5) is 9.93 Å². The van der Waals surface area contributed by atoms with Crippen molar-refractivity contribution in [2.24, 2.45) is 5.73 Å². The number of carbonyl (C=O) groups is 4. The van der Waals surface area contributed by atoms with Crippen LogP contribution in [0, 0.1) is 0 Å². The largest absolute Gasteiger partial charge is 0.477 e. The number of amides is 3. The summed E-state index contributed by atoms with van der Waals surface area (Å²) in [5.41, 5.74) is 11.3. The minimum atomic E-state index is -1.33. The number of carboxylic acid groups (broad SMARTS) is 1. The minimum absolute atomic E-state index is 0.204. The lowest BCUT2D eigenvalue weighted by molar-refractivity contribution is -0.150. The zero-order valence-electron chi connectivity index (χ0n) is 15.8. The third-order valence-corrected chi connectivity index (χ3v) is 6.39. The fourth-order valence-electron chi connectivity index (χ4n) is 3.10. The maximum atomic E-state index is 12.8. The number of anilines is 1. The van der Waals surface area contributed by atoms with Crippen molar-refractivity contribution in [2.75, 3.05) is 18.1 Å². The fraction of sp³-hybridized carbons (Fsp3) is 0.353. The zero-order chi connectivity index (χ0) is 22.0. The number of allylic oxidation sites excluding steroid dienone is 1. The van der Waals surface area contributed by atoms with E-state index in [1.165, 1.54) is 23.1 Å². The number of thioether (sulfide) groups is 1. The summed E-state index contributed by atoms with van der Waals surface area (Å²) >= 11 is 2.45. The van der Waals surface area contributed by atoms with Crippen molar-refractivity contribution in [3.63, 3.8) is 0 Å². The fourth-order valence-corrected chi connectivity index (χ4v) is 4.99. The molecule has 2 aliphatic rings. The zero-order valence-corrected chi connectivity index (χ0v) is 17.4. The number of hydrogen-bond acceptors (Lipinski definition) is 9. The molecule has 1 fully saturated rings. The first-order valence-electron chi connectivity index (χ1n) is 8.79. The summed E-state index contributed by atoms with van der Waals surface area (Å²) in [6.45, 7) is 1.53. The predicted octanol–water partition coefficient (Wildman–Crippen LogP) is 0.353. The molecule has 1 saturated heterocycles. The van der Waals surface area contributed by atoms with Crippen molar-refractivity contribution in [2.45, 2.75) is 24.8 Å². The molecule has 3 rings (SSSR count). The van der Waals surface area contributed by atoms with E-state index in [1.807, 2.05) is 6.92 Å². The molecule has 3 amide bonds. The molecule has 0 radical (unpaired) electrons. The number of fused-ring (bicyclic) bond motifs is 1. The molecule has 0 aromatic carbocycles. The summed E-state index contributed by atoms with van der Waals surface area (Å²) in [4.78, 5) is 53.2. The van der Waals surface area contributed by atoms with Crippen LogP contribution in [-0.4, -0.2) is 62.6 Å². The summed E-state index contributed by atoms with van der Waals surface area (Å²) in [6.07, 6.45) is 1.20. The Balaban J connectivity index is 1.77. The van der Waals surface area contributed by atoms with Crippen molar-refractivity contribution in [1.82, 2.24) is 15.2 Å². The van der Waals surface area contributed by atoms with Gasteiger partial charge in [-0.3, -0.25) is 14.5 Å². The van der Waals surface area contributed by atoms with Crippen LogP contribution in [-0.2, 0) is 19.1 Å². The first kappa shape index (κ1) is 21.6. The maximum absolute atomic E-state index is 12.8. The number of ether oxygens (including phenoxy) is 1. The molecule has 11 nitrogen and oxygen atoms in total. The highest BCUT2D eigenvalue weighted by Gasteiger charge is 2.54. The van der Waals surface area contributed by atoms with Gasteiger partial charge in [-0.05, 0) is 6.42 Å². The Morgan fingerprint density at radius 2 is 2.20 bits per heavy atom. The van der Waals surface area contributed by atoms with Crippen molar-refractivity contribution >= 4 is 57.7 Å². The van der Waals surface area contributed by atoms with Crippen LogP contribution in [0.25, 0.3) is 5.57 Å². The topological polar surface area (TPSA) is 178 Å². The molecule has 1 aromatic rings. The minimum Gasteiger partial charge on any atom is -0.477 e. The van der Waals surface area contributed by atoms with Gasteiger partial charge < -0.3 is 26.6 Å². The first-order valence-corrected chi connectivity index (χ1v) is 10.7. The summed E-state index contributed by atoms with van der Waals surface area (Å²) in [5, 5.41) is 13.6. The standard InChI is InChI=1S/C17H19N5O6S2/c1-2-3-8(9-6-30-16(18)20-9)12(23)21-10-13(24)22-11(15(25)26)7(4-28-17(19)27)5-29-14(10)22/h3,6,10,14H,2,4-5H2,1H3,(H2,18,20)(H2,19,27)(H,21,23)(H,25,26)/b8-3-. The second-order valence-electron chi connectivity index (χ2n) is 6.32. The van der Waals surface area contributed by atoms with Crippen LogP contribution in [0.2, 0.25) is 0 Å². The van der Waals surface area contributed by atoms with Gasteiger partial charge in [0.05, 0.1) is 11.3 Å². The molecule has 2 atom stereocenters. The summed E-state index contributed by atoms with van der Waals surface area (Å²) in [6, 6.07) is -0.897. The van der Waals surface area contributed by atoms with Gasteiger partial charge in [-0.25, -0.2) is 14.6 Å². The second-order valence-corrected chi connectivity index (χ2v) is 8.32. The Bertz CT molecular complexity index is 972. The summed E-state index contributed by atoms with van der Waals surface area (Å²) in [5.74, 6) is -2.19. The highest BCUT2D eigenvalue weighted by Crippen LogP contribution is 2.40. The van der Waals surface area contributed by atoms with E-state index >= 15 is 0 Å². The lowest BCUT2D eigenvalue weighted by Crippen LogP contribution is -2.70. The molecule has 0 aliphatic carbocycles. The van der Waals surface area contributed by atoms with Crippen molar-refractivity contribution in [3.05, 3.63) is 28.4 Å². The number of nitrogens with one attached hydrogen (secondary N) is 1. The van der Waals surface area contributed by atoms with Crippen molar-refractivity contribution in [3.8, 4) is 0 Å². The van der Waals surface area contributed by atoms with Gasteiger partial charge in [0, 0.05) is 16.7 Å². The van der Waals surface area contributed by atoms with Gasteiger partial charge in [-0.2, -0.15) is 0 Å². The number of nitrogens with zero attached hydrogens (tertiary/aromatic N) is 2. The van der Waals surface area contributed by atoms with Crippen LogP contribution in [0.1, 0.15) is 19.0 Å². The molecule has 2 aliphatic heterocycles. The number of nitrogen functional groups attached to an aromatic ring is 1. The highest BCUT2D eigenvalue weighted by atomic mass is 32.2. The molecule has 0 bridgehead atoms. The van der Waals surface area contributed by atoms with Gasteiger partial charge in [0.15, 0.2) is 5.13 Å². The van der Waals surface area contributed by atoms with Gasteiger partial charge in [-0.15, -0.1) is 23.1 Å². The smallest absolute Gasteiger partial charge is 0.404 e. The lowest BCUT2D eigenvalue weighted by Gasteiger charge is -2.49. The van der Waals surface area contributed by atoms with E-state index in [0.29, 0.717) is 22.8 Å². The summed E-state index contributed by atoms with van der Waals surface area (Å²) in [7, 11) is 0. The van der Waals surface area contributed by atoms with Gasteiger partial charge in [-0.1, -0.05) is 13.0 Å². The Kier molecular flexibility index (Phi) is 6.31. The number of aromatic nitrogens is 1. The van der Waals surface area contributed by atoms with E-state index in [4.69, 9.17) is 11.5 Å². The van der Waals surface area contributed by atoms with Gasteiger partial charge in [0.1, 0.15) is 23.7 Å². The molecule has 6 N–H and O–H groups in total. The van der Waals surface area contributed by atoms with Gasteiger partial charge >= 0.3 is 12.1 Å². The molecule has 160 valence electrons. The van der Waals surface area contributed by atoms with Gasteiger partial charge in [0.2, 0.25) is 0 Å². The quantitative estimate of drug-likeness (QED) is 0.335. The van der Waals surface area contributed by atoms with Crippen molar-refractivity contribution < 1.29 is 29.0 Å². The van der Waals surface area contributed by atoms with E-state index < -0.39 is 35.3 Å². The average molecular weight is 454 g/mol. The first-order chi connectivity index (χ1) is 14.2. The van der Waals surface area contributed by atoms with E-state index in [9.17, 15) is 24.3 Å². The molecule has 0 spiro atoms. The summed E-state index contributed by atoms with van der Waals surface area (Å²) < 4.78 is 4.68. The van der Waals surface area contributed by atoms with E-state index in [-0.39, 0.29) is 23.6 Å². The number of β-lactam (4-membered cyclic amide) rings is 1. The number of carboxylic acids is 1.